The Morgan fingerprint density at radius 1 is 0.304 bits per heavy atom. The van der Waals surface area contributed by atoms with Crippen LogP contribution in [-0.4, -0.2) is 0 Å². The molecule has 0 heterocycles. The third-order valence-electron chi connectivity index (χ3n) is 14.7. The van der Waals surface area contributed by atoms with Gasteiger partial charge in [0.1, 0.15) is 0 Å². The van der Waals surface area contributed by atoms with E-state index in [-0.39, 0.29) is 0 Å². The van der Waals surface area contributed by atoms with E-state index in [1.54, 1.807) is 0 Å². The molecule has 0 aliphatic heterocycles. The minimum absolute atomic E-state index is 0.418. The van der Waals surface area contributed by atoms with Crippen molar-refractivity contribution in [2.24, 2.45) is 0 Å². The largest absolute Gasteiger partial charge is 0.310 e. The maximum absolute atomic E-state index is 2.52. The zero-order chi connectivity index (χ0) is 45.9. The Hall–Kier alpha value is -8.78. The Morgan fingerprint density at radius 2 is 0.797 bits per heavy atom. The molecule has 0 N–H and O–H groups in total. The summed E-state index contributed by atoms with van der Waals surface area (Å²) >= 11 is 0. The summed E-state index contributed by atoms with van der Waals surface area (Å²) in [6.07, 6.45) is 0. The molecule has 13 rings (SSSR count). The third kappa shape index (κ3) is 6.61. The van der Waals surface area contributed by atoms with Crippen LogP contribution < -0.4 is 4.90 Å². The van der Waals surface area contributed by atoms with Crippen LogP contribution in [0.2, 0.25) is 0 Å². The molecule has 1 nitrogen and oxygen atoms in total. The van der Waals surface area contributed by atoms with Crippen LogP contribution in [0.1, 0.15) is 23.6 Å². The highest BCUT2D eigenvalue weighted by Gasteiger charge is 2.43. The first-order valence-electron chi connectivity index (χ1n) is 24.0. The average molecular weight is 878 g/mol. The van der Waals surface area contributed by atoms with Crippen LogP contribution in [0.3, 0.4) is 0 Å². The number of hydrogen-bond acceptors (Lipinski definition) is 1. The lowest BCUT2D eigenvalue weighted by Crippen LogP contribution is -2.25. The van der Waals surface area contributed by atoms with Crippen molar-refractivity contribution in [2.75, 3.05) is 4.90 Å². The Labute approximate surface area is 403 Å². The topological polar surface area (TPSA) is 3.24 Å². The van der Waals surface area contributed by atoms with Crippen molar-refractivity contribution >= 4 is 49.4 Å². The Balaban J connectivity index is 1.05. The lowest BCUT2D eigenvalue weighted by Gasteiger charge is -2.35. The molecule has 0 spiro atoms. The SMILES string of the molecule is CC1(c2ccccc2)c2ccccc2-c2cccc(N(c3cccc(-c4ccc5c(c4)c(-c4ccccc4)c(-c4ccccc4)c4ccccc45)c3)c3cccc(-c4cccc5ccccc45)c3)c21. The molecule has 0 aromatic heterocycles. The van der Waals surface area contributed by atoms with Gasteiger partial charge in [0, 0.05) is 16.8 Å². The van der Waals surface area contributed by atoms with E-state index < -0.39 is 5.41 Å². The minimum atomic E-state index is -0.418. The van der Waals surface area contributed by atoms with Gasteiger partial charge in [-0.1, -0.05) is 231 Å². The summed E-state index contributed by atoms with van der Waals surface area (Å²) in [5.41, 5.74) is 19.0. The molecule has 0 radical (unpaired) electrons. The maximum atomic E-state index is 2.52. The normalized spacial score (nSPS) is 13.9. The van der Waals surface area contributed by atoms with Gasteiger partial charge in [0.25, 0.3) is 0 Å². The highest BCUT2D eigenvalue weighted by atomic mass is 15.1. The molecule has 1 unspecified atom stereocenters. The predicted octanol–water partition coefficient (Wildman–Crippen LogP) is 18.6. The number of fused-ring (bicyclic) bond motifs is 7. The Bertz CT molecular complexity index is 3900. The van der Waals surface area contributed by atoms with Crippen LogP contribution in [-0.2, 0) is 5.41 Å². The molecular formula is C68H47N. The van der Waals surface area contributed by atoms with Crippen LogP contribution >= 0.6 is 0 Å². The predicted molar refractivity (Wildman–Crippen MR) is 293 cm³/mol. The molecule has 12 aromatic carbocycles. The molecule has 0 saturated heterocycles. The number of nitrogens with zero attached hydrogens (tertiary/aromatic N) is 1. The van der Waals surface area contributed by atoms with Gasteiger partial charge in [-0.25, -0.2) is 0 Å². The Morgan fingerprint density at radius 3 is 1.55 bits per heavy atom. The van der Waals surface area contributed by atoms with E-state index in [0.717, 1.165) is 22.6 Å². The molecule has 69 heavy (non-hydrogen) atoms. The van der Waals surface area contributed by atoms with Gasteiger partial charge in [-0.15, -0.1) is 0 Å². The van der Waals surface area contributed by atoms with E-state index in [0.29, 0.717) is 0 Å². The van der Waals surface area contributed by atoms with Crippen LogP contribution in [0, 0.1) is 0 Å². The van der Waals surface area contributed by atoms with Crippen molar-refractivity contribution in [3.8, 4) is 55.6 Å². The molecular weight excluding hydrogens is 831 g/mol. The summed E-state index contributed by atoms with van der Waals surface area (Å²) in [6, 6.07) is 98.5. The van der Waals surface area contributed by atoms with E-state index in [2.05, 4.69) is 279 Å². The van der Waals surface area contributed by atoms with Crippen LogP contribution in [0.25, 0.3) is 88.0 Å². The van der Waals surface area contributed by atoms with Crippen molar-refractivity contribution < 1.29 is 0 Å². The lowest BCUT2D eigenvalue weighted by atomic mass is 9.73. The van der Waals surface area contributed by atoms with Gasteiger partial charge in [-0.2, -0.15) is 0 Å². The fourth-order valence-corrected chi connectivity index (χ4v) is 11.6. The maximum Gasteiger partial charge on any atom is 0.0512 e. The molecule has 1 heteroatoms. The quantitative estimate of drug-likeness (QED) is 0.138. The van der Waals surface area contributed by atoms with E-state index in [4.69, 9.17) is 0 Å². The second-order valence-electron chi connectivity index (χ2n) is 18.5. The Kier molecular flexibility index (Phi) is 9.70. The first-order chi connectivity index (χ1) is 34.1. The number of rotatable bonds is 8. The summed E-state index contributed by atoms with van der Waals surface area (Å²) in [6.45, 7) is 2.42. The van der Waals surface area contributed by atoms with Gasteiger partial charge in [0.2, 0.25) is 0 Å². The summed E-state index contributed by atoms with van der Waals surface area (Å²) in [5.74, 6) is 0. The summed E-state index contributed by atoms with van der Waals surface area (Å²) in [4.78, 5) is 2.52. The molecule has 0 saturated carbocycles. The highest BCUT2D eigenvalue weighted by molar-refractivity contribution is 6.22. The van der Waals surface area contributed by atoms with Crippen molar-refractivity contribution in [1.82, 2.24) is 0 Å². The summed E-state index contributed by atoms with van der Waals surface area (Å²) < 4.78 is 0. The van der Waals surface area contributed by atoms with Gasteiger partial charge in [-0.3, -0.25) is 0 Å². The van der Waals surface area contributed by atoms with Crippen molar-refractivity contribution in [3.05, 3.63) is 284 Å². The number of anilines is 3. The van der Waals surface area contributed by atoms with E-state index in [9.17, 15) is 0 Å². The standard InChI is InChI=1S/C68H47N/c1-68(52-29-9-4-10-30-52)63-39-16-15-35-59(63)61-38-20-40-64(67(61)68)69(54-32-18-28-51(44-54)56-37-19-26-46-21-11-12-33-55(46)56)53-31-17-27-49(43-53)50-41-42-58-57-34-13-14-36-60(57)65(47-22-5-2-6-23-47)66(62(58)45-50)48-24-7-3-8-25-48/h2-45H,1H3. The fourth-order valence-electron chi connectivity index (χ4n) is 11.6. The minimum Gasteiger partial charge on any atom is -0.310 e. The van der Waals surface area contributed by atoms with Crippen molar-refractivity contribution in [2.45, 2.75) is 12.3 Å². The second-order valence-corrected chi connectivity index (χ2v) is 18.5. The van der Waals surface area contributed by atoms with Gasteiger partial charge >= 0.3 is 0 Å². The zero-order valence-corrected chi connectivity index (χ0v) is 38.4. The number of hydrogen-bond donors (Lipinski definition) is 0. The molecule has 1 aliphatic rings. The zero-order valence-electron chi connectivity index (χ0n) is 38.4. The van der Waals surface area contributed by atoms with Gasteiger partial charge < -0.3 is 4.90 Å². The molecule has 12 aromatic rings. The van der Waals surface area contributed by atoms with E-state index in [1.165, 1.54) is 99.1 Å². The monoisotopic (exact) mass is 877 g/mol. The van der Waals surface area contributed by atoms with Crippen molar-refractivity contribution in [3.63, 3.8) is 0 Å². The smallest absolute Gasteiger partial charge is 0.0512 e. The summed E-state index contributed by atoms with van der Waals surface area (Å²) in [5, 5.41) is 7.47. The van der Waals surface area contributed by atoms with Crippen LogP contribution in [0.5, 0.6) is 0 Å². The fraction of sp³-hybridized carbons (Fsp3) is 0.0294. The number of benzene rings is 12. The summed E-state index contributed by atoms with van der Waals surface area (Å²) in [7, 11) is 0. The molecule has 0 bridgehead atoms. The van der Waals surface area contributed by atoms with E-state index in [1.807, 2.05) is 0 Å². The molecule has 0 fully saturated rings. The van der Waals surface area contributed by atoms with Crippen LogP contribution in [0.15, 0.2) is 267 Å². The second kappa shape index (κ2) is 16.5. The first-order valence-corrected chi connectivity index (χ1v) is 24.0. The van der Waals surface area contributed by atoms with Crippen LogP contribution in [0.4, 0.5) is 17.1 Å². The lowest BCUT2D eigenvalue weighted by molar-refractivity contribution is 0.714. The van der Waals surface area contributed by atoms with Crippen molar-refractivity contribution in [1.29, 1.82) is 0 Å². The molecule has 1 atom stereocenters. The van der Waals surface area contributed by atoms with Gasteiger partial charge in [0.15, 0.2) is 0 Å². The van der Waals surface area contributed by atoms with Gasteiger partial charge in [0.05, 0.1) is 5.69 Å². The molecule has 324 valence electrons. The van der Waals surface area contributed by atoms with E-state index >= 15 is 0 Å². The first kappa shape index (κ1) is 40.5. The average Bonchev–Trinajstić information content (AvgIpc) is 3.70. The molecule has 0 amide bonds. The highest BCUT2D eigenvalue weighted by Crippen LogP contribution is 2.57. The molecule has 1 aliphatic carbocycles. The van der Waals surface area contributed by atoms with Gasteiger partial charge in [-0.05, 0) is 148 Å². The third-order valence-corrected chi connectivity index (χ3v) is 14.7.